The molecule has 0 spiro atoms. The SMILES string of the molecule is O=C1CCNc2c1ccc(F)c2F. The quantitative estimate of drug-likeness (QED) is 0.666. The van der Waals surface area contributed by atoms with Gasteiger partial charge in [-0.3, -0.25) is 4.79 Å². The third-order valence-electron chi connectivity index (χ3n) is 2.05. The van der Waals surface area contributed by atoms with Crippen molar-refractivity contribution >= 4 is 11.5 Å². The second-order valence-electron chi connectivity index (χ2n) is 2.88. The van der Waals surface area contributed by atoms with Gasteiger partial charge in [-0.05, 0) is 12.1 Å². The number of rotatable bonds is 0. The minimum atomic E-state index is -0.967. The number of ketones is 1. The fourth-order valence-corrected chi connectivity index (χ4v) is 1.39. The van der Waals surface area contributed by atoms with Crippen molar-refractivity contribution in [2.45, 2.75) is 6.42 Å². The zero-order chi connectivity index (χ0) is 9.42. The van der Waals surface area contributed by atoms with Gasteiger partial charge in [0, 0.05) is 18.5 Å². The smallest absolute Gasteiger partial charge is 0.182 e. The minimum absolute atomic E-state index is 0.00347. The van der Waals surface area contributed by atoms with Crippen LogP contribution >= 0.6 is 0 Å². The lowest BCUT2D eigenvalue weighted by Gasteiger charge is -2.17. The molecule has 13 heavy (non-hydrogen) atoms. The van der Waals surface area contributed by atoms with Crippen LogP contribution in [0.2, 0.25) is 0 Å². The van der Waals surface area contributed by atoms with E-state index in [4.69, 9.17) is 0 Å². The lowest BCUT2D eigenvalue weighted by molar-refractivity contribution is 0.0983. The van der Waals surface area contributed by atoms with Crippen molar-refractivity contribution in [3.8, 4) is 0 Å². The molecule has 0 atom stereocenters. The molecule has 68 valence electrons. The highest BCUT2D eigenvalue weighted by Gasteiger charge is 2.21. The molecule has 0 fully saturated rings. The van der Waals surface area contributed by atoms with E-state index >= 15 is 0 Å². The van der Waals surface area contributed by atoms with E-state index in [1.165, 1.54) is 6.07 Å². The molecule has 1 heterocycles. The first-order valence-electron chi connectivity index (χ1n) is 3.95. The van der Waals surface area contributed by atoms with Gasteiger partial charge in [0.05, 0.1) is 5.69 Å². The molecule has 0 saturated carbocycles. The van der Waals surface area contributed by atoms with E-state index in [-0.39, 0.29) is 17.0 Å². The molecule has 2 nitrogen and oxygen atoms in total. The molecule has 1 aromatic rings. The molecule has 0 unspecified atom stereocenters. The van der Waals surface area contributed by atoms with E-state index in [1.54, 1.807) is 0 Å². The Balaban J connectivity index is 2.63. The number of hydrogen-bond acceptors (Lipinski definition) is 2. The Morgan fingerprint density at radius 2 is 2.08 bits per heavy atom. The molecule has 1 aromatic carbocycles. The van der Waals surface area contributed by atoms with Gasteiger partial charge in [0.1, 0.15) is 0 Å². The number of hydrogen-bond donors (Lipinski definition) is 1. The molecule has 0 bridgehead atoms. The van der Waals surface area contributed by atoms with Crippen LogP contribution in [0, 0.1) is 11.6 Å². The van der Waals surface area contributed by atoms with Crippen LogP contribution in [-0.4, -0.2) is 12.3 Å². The highest BCUT2D eigenvalue weighted by Crippen LogP contribution is 2.26. The normalized spacial score (nSPS) is 15.1. The Bertz CT molecular complexity index is 376. The van der Waals surface area contributed by atoms with E-state index in [0.717, 1.165) is 6.07 Å². The molecule has 0 aromatic heterocycles. The molecule has 0 saturated heterocycles. The van der Waals surface area contributed by atoms with Gasteiger partial charge in [0.15, 0.2) is 17.4 Å². The van der Waals surface area contributed by atoms with Crippen LogP contribution in [-0.2, 0) is 0 Å². The third-order valence-corrected chi connectivity index (χ3v) is 2.05. The summed E-state index contributed by atoms with van der Waals surface area (Å²) in [6.07, 6.45) is 0.331. The van der Waals surface area contributed by atoms with Gasteiger partial charge in [-0.25, -0.2) is 8.78 Å². The molecular weight excluding hydrogens is 176 g/mol. The molecule has 2 rings (SSSR count). The number of Topliss-reactive ketones (excluding diaryl/α,β-unsaturated/α-hetero) is 1. The van der Waals surface area contributed by atoms with Gasteiger partial charge < -0.3 is 5.32 Å². The topological polar surface area (TPSA) is 29.1 Å². The van der Waals surface area contributed by atoms with Gasteiger partial charge in [-0.15, -0.1) is 0 Å². The first-order chi connectivity index (χ1) is 6.20. The number of anilines is 1. The lowest BCUT2D eigenvalue weighted by Crippen LogP contribution is -2.19. The van der Waals surface area contributed by atoms with Crippen LogP contribution in [0.3, 0.4) is 0 Å². The average Bonchev–Trinajstić information content (AvgIpc) is 2.12. The van der Waals surface area contributed by atoms with Crippen LogP contribution in [0.15, 0.2) is 12.1 Å². The van der Waals surface area contributed by atoms with Crippen molar-refractivity contribution in [1.29, 1.82) is 0 Å². The highest BCUT2D eigenvalue weighted by atomic mass is 19.2. The van der Waals surface area contributed by atoms with Gasteiger partial charge in [-0.2, -0.15) is 0 Å². The second-order valence-corrected chi connectivity index (χ2v) is 2.88. The van der Waals surface area contributed by atoms with E-state index < -0.39 is 11.6 Å². The summed E-state index contributed by atoms with van der Waals surface area (Å²) in [7, 11) is 0. The molecule has 0 amide bonds. The number of carbonyl (C=O) groups excluding carboxylic acids is 1. The predicted molar refractivity (Wildman–Crippen MR) is 43.8 cm³/mol. The van der Waals surface area contributed by atoms with Gasteiger partial charge in [-0.1, -0.05) is 0 Å². The van der Waals surface area contributed by atoms with Crippen molar-refractivity contribution in [1.82, 2.24) is 0 Å². The zero-order valence-electron chi connectivity index (χ0n) is 6.73. The van der Waals surface area contributed by atoms with Crippen molar-refractivity contribution in [2.24, 2.45) is 0 Å². The molecular formula is C9H7F2NO. The molecule has 0 radical (unpaired) electrons. The van der Waals surface area contributed by atoms with Gasteiger partial charge >= 0.3 is 0 Å². The van der Waals surface area contributed by atoms with Crippen LogP contribution in [0.5, 0.6) is 0 Å². The molecule has 1 aliphatic rings. The van der Waals surface area contributed by atoms with Crippen molar-refractivity contribution < 1.29 is 13.6 Å². The molecule has 1 aliphatic heterocycles. The fourth-order valence-electron chi connectivity index (χ4n) is 1.39. The average molecular weight is 183 g/mol. The van der Waals surface area contributed by atoms with Gasteiger partial charge in [0.25, 0.3) is 0 Å². The number of nitrogens with one attached hydrogen (secondary N) is 1. The number of halogens is 2. The van der Waals surface area contributed by atoms with Crippen LogP contribution < -0.4 is 5.32 Å². The van der Waals surface area contributed by atoms with Crippen LogP contribution in [0.4, 0.5) is 14.5 Å². The molecule has 4 heteroatoms. The minimum Gasteiger partial charge on any atom is -0.382 e. The third kappa shape index (κ3) is 1.18. The zero-order valence-corrected chi connectivity index (χ0v) is 6.73. The summed E-state index contributed by atoms with van der Waals surface area (Å²) >= 11 is 0. The first kappa shape index (κ1) is 8.16. The number of carbonyl (C=O) groups is 1. The monoisotopic (exact) mass is 183 g/mol. The summed E-state index contributed by atoms with van der Waals surface area (Å²) in [5, 5.41) is 2.67. The summed E-state index contributed by atoms with van der Waals surface area (Å²) in [4.78, 5) is 11.2. The molecule has 0 aliphatic carbocycles. The Labute approximate surface area is 73.6 Å². The van der Waals surface area contributed by atoms with Crippen LogP contribution in [0.1, 0.15) is 16.8 Å². The largest absolute Gasteiger partial charge is 0.382 e. The van der Waals surface area contributed by atoms with Crippen molar-refractivity contribution in [3.05, 3.63) is 29.3 Å². The Hall–Kier alpha value is -1.45. The Morgan fingerprint density at radius 1 is 1.31 bits per heavy atom. The predicted octanol–water partition coefficient (Wildman–Crippen LogP) is 1.96. The Morgan fingerprint density at radius 3 is 2.85 bits per heavy atom. The van der Waals surface area contributed by atoms with Crippen molar-refractivity contribution in [2.75, 3.05) is 11.9 Å². The van der Waals surface area contributed by atoms with E-state index in [2.05, 4.69) is 5.32 Å². The van der Waals surface area contributed by atoms with E-state index in [9.17, 15) is 13.6 Å². The molecule has 1 N–H and O–H groups in total. The van der Waals surface area contributed by atoms with Crippen LogP contribution in [0.25, 0.3) is 0 Å². The van der Waals surface area contributed by atoms with Gasteiger partial charge in [0.2, 0.25) is 0 Å². The first-order valence-corrected chi connectivity index (χ1v) is 3.95. The summed E-state index contributed by atoms with van der Waals surface area (Å²) in [5.41, 5.74) is 0.237. The highest BCUT2D eigenvalue weighted by molar-refractivity contribution is 6.03. The maximum absolute atomic E-state index is 13.1. The maximum Gasteiger partial charge on any atom is 0.182 e. The maximum atomic E-state index is 13.1. The van der Waals surface area contributed by atoms with E-state index in [0.29, 0.717) is 13.0 Å². The fraction of sp³-hybridized carbons (Fsp3) is 0.222. The standard InChI is InChI=1S/C9H7F2NO/c10-6-2-1-5-7(13)3-4-12-9(5)8(6)11/h1-2,12H,3-4H2. The number of fused-ring (bicyclic) bond motifs is 1. The van der Waals surface area contributed by atoms with E-state index in [1.807, 2.05) is 0 Å². The summed E-state index contributed by atoms with van der Waals surface area (Å²) < 4.78 is 25.8. The summed E-state index contributed by atoms with van der Waals surface area (Å²) in [6, 6.07) is 2.28. The lowest BCUT2D eigenvalue weighted by atomic mass is 10.0. The second kappa shape index (κ2) is 2.80. The van der Waals surface area contributed by atoms with Crippen molar-refractivity contribution in [3.63, 3.8) is 0 Å². The Kier molecular flexibility index (Phi) is 1.76. The number of benzene rings is 1. The summed E-state index contributed by atoms with van der Waals surface area (Å²) in [6.45, 7) is 0.367. The summed E-state index contributed by atoms with van der Waals surface area (Å²) in [5.74, 6) is -2.04.